The van der Waals surface area contributed by atoms with Crippen LogP contribution in [0.3, 0.4) is 0 Å². The van der Waals surface area contributed by atoms with Crippen LogP contribution in [0.25, 0.3) is 0 Å². The van der Waals surface area contributed by atoms with Gasteiger partial charge >= 0.3 is 0 Å². The van der Waals surface area contributed by atoms with Crippen LogP contribution in [0.1, 0.15) is 37.2 Å². The summed E-state index contributed by atoms with van der Waals surface area (Å²) in [4.78, 5) is 4.76. The number of aromatic nitrogens is 1. The van der Waals surface area contributed by atoms with Crippen LogP contribution in [0.2, 0.25) is 0 Å². The van der Waals surface area contributed by atoms with Gasteiger partial charge < -0.3 is 16.0 Å². The first-order valence-corrected chi connectivity index (χ1v) is 8.09. The van der Waals surface area contributed by atoms with Crippen LogP contribution in [-0.2, 0) is 0 Å². The molecule has 1 atom stereocenters. The van der Waals surface area contributed by atoms with Crippen molar-refractivity contribution < 1.29 is 0 Å². The highest BCUT2D eigenvalue weighted by molar-refractivity contribution is 5.57. The number of rotatable bonds is 4. The van der Waals surface area contributed by atoms with Crippen molar-refractivity contribution in [1.82, 2.24) is 10.3 Å². The fourth-order valence-corrected chi connectivity index (χ4v) is 3.56. The van der Waals surface area contributed by atoms with Gasteiger partial charge in [-0.2, -0.15) is 0 Å². The van der Waals surface area contributed by atoms with E-state index < -0.39 is 0 Å². The second-order valence-corrected chi connectivity index (χ2v) is 6.53. The molecule has 3 N–H and O–H groups in total. The van der Waals surface area contributed by atoms with E-state index in [2.05, 4.69) is 28.1 Å². The van der Waals surface area contributed by atoms with Gasteiger partial charge in [0.1, 0.15) is 11.6 Å². The first-order valence-electron chi connectivity index (χ1n) is 8.09. The Kier molecular flexibility index (Phi) is 3.26. The first-order chi connectivity index (χ1) is 9.90. The lowest BCUT2D eigenvalue weighted by Gasteiger charge is -2.27. The normalized spacial score (nSPS) is 26.1. The van der Waals surface area contributed by atoms with Crippen LogP contribution >= 0.6 is 0 Å². The topological polar surface area (TPSA) is 49.0 Å². The molecule has 1 aliphatic carbocycles. The summed E-state index contributed by atoms with van der Waals surface area (Å²) in [6.07, 6.45) is 5.36. The molecule has 3 heterocycles. The average Bonchev–Trinajstić information content (AvgIpc) is 3.24. The molecule has 4 heteroatoms. The minimum Gasteiger partial charge on any atom is -0.370 e. The van der Waals surface area contributed by atoms with Gasteiger partial charge in [-0.05, 0) is 62.2 Å². The third-order valence-corrected chi connectivity index (χ3v) is 5.04. The van der Waals surface area contributed by atoms with E-state index in [4.69, 9.17) is 4.98 Å². The summed E-state index contributed by atoms with van der Waals surface area (Å²) in [5, 5.41) is 10.4. The number of hydrogen-bond acceptors (Lipinski definition) is 4. The SMILES string of the molecule is c1cc2c(nc1NCC1CC1)NCC2C1CCNCC1. The minimum atomic E-state index is 0.664. The van der Waals surface area contributed by atoms with Crippen LogP contribution in [0.4, 0.5) is 11.6 Å². The van der Waals surface area contributed by atoms with Gasteiger partial charge in [-0.15, -0.1) is 0 Å². The zero-order chi connectivity index (χ0) is 13.4. The molecule has 0 amide bonds. The van der Waals surface area contributed by atoms with Gasteiger partial charge in [-0.3, -0.25) is 0 Å². The van der Waals surface area contributed by atoms with Crippen LogP contribution in [0.5, 0.6) is 0 Å². The summed E-state index contributed by atoms with van der Waals surface area (Å²) < 4.78 is 0. The summed E-state index contributed by atoms with van der Waals surface area (Å²) >= 11 is 0. The van der Waals surface area contributed by atoms with Crippen molar-refractivity contribution in [3.05, 3.63) is 17.7 Å². The summed E-state index contributed by atoms with van der Waals surface area (Å²) in [7, 11) is 0. The largest absolute Gasteiger partial charge is 0.370 e. The van der Waals surface area contributed by atoms with Gasteiger partial charge in [-0.25, -0.2) is 4.98 Å². The molecule has 0 radical (unpaired) electrons. The Labute approximate surface area is 120 Å². The molecule has 1 aromatic heterocycles. The number of hydrogen-bond donors (Lipinski definition) is 3. The predicted molar refractivity (Wildman–Crippen MR) is 82.3 cm³/mol. The Balaban J connectivity index is 1.46. The average molecular weight is 272 g/mol. The fraction of sp³-hybridized carbons (Fsp3) is 0.688. The van der Waals surface area contributed by atoms with E-state index in [1.807, 2.05) is 0 Å². The molecular weight excluding hydrogens is 248 g/mol. The Morgan fingerprint density at radius 1 is 1.15 bits per heavy atom. The van der Waals surface area contributed by atoms with Gasteiger partial charge in [-0.1, -0.05) is 6.07 Å². The summed E-state index contributed by atoms with van der Waals surface area (Å²) in [6.45, 7) is 4.50. The number of nitrogens with zero attached hydrogens (tertiary/aromatic N) is 1. The predicted octanol–water partition coefficient (Wildman–Crippen LogP) is 2.41. The quantitative estimate of drug-likeness (QED) is 0.788. The van der Waals surface area contributed by atoms with E-state index in [0.29, 0.717) is 5.92 Å². The molecule has 1 unspecified atom stereocenters. The molecule has 108 valence electrons. The number of fused-ring (bicyclic) bond motifs is 1. The van der Waals surface area contributed by atoms with Gasteiger partial charge in [0.25, 0.3) is 0 Å². The molecule has 2 aliphatic heterocycles. The van der Waals surface area contributed by atoms with Crippen molar-refractivity contribution in [2.75, 3.05) is 36.8 Å². The van der Waals surface area contributed by atoms with Crippen LogP contribution in [0.15, 0.2) is 12.1 Å². The van der Waals surface area contributed by atoms with Crippen molar-refractivity contribution in [2.45, 2.75) is 31.6 Å². The molecule has 4 rings (SSSR count). The lowest BCUT2D eigenvalue weighted by molar-refractivity contribution is 0.330. The minimum absolute atomic E-state index is 0.664. The molecule has 2 fully saturated rings. The molecule has 20 heavy (non-hydrogen) atoms. The standard InChI is InChI=1S/C16H24N4/c1-2-11(1)9-18-15-4-3-13-14(10-19-16(13)20-15)12-5-7-17-8-6-12/h3-4,11-12,14,17H,1-2,5-10H2,(H2,18,19,20). The van der Waals surface area contributed by atoms with E-state index >= 15 is 0 Å². The summed E-state index contributed by atoms with van der Waals surface area (Å²) in [5.41, 5.74) is 1.44. The molecule has 1 saturated carbocycles. The highest BCUT2D eigenvalue weighted by Gasteiger charge is 2.31. The molecule has 0 aromatic carbocycles. The fourth-order valence-electron chi connectivity index (χ4n) is 3.56. The molecule has 1 saturated heterocycles. The number of pyridine rings is 1. The first kappa shape index (κ1) is 12.5. The third-order valence-electron chi connectivity index (χ3n) is 5.04. The highest BCUT2D eigenvalue weighted by atomic mass is 15.1. The molecule has 0 bridgehead atoms. The van der Waals surface area contributed by atoms with Gasteiger partial charge in [0.15, 0.2) is 0 Å². The highest BCUT2D eigenvalue weighted by Crippen LogP contribution is 2.39. The molecule has 0 spiro atoms. The van der Waals surface area contributed by atoms with Crippen molar-refractivity contribution in [3.8, 4) is 0 Å². The maximum absolute atomic E-state index is 4.76. The number of piperidine rings is 1. The molecular formula is C16H24N4. The van der Waals surface area contributed by atoms with E-state index in [9.17, 15) is 0 Å². The van der Waals surface area contributed by atoms with E-state index in [0.717, 1.165) is 36.6 Å². The smallest absolute Gasteiger partial charge is 0.131 e. The maximum atomic E-state index is 4.76. The van der Waals surface area contributed by atoms with Gasteiger partial charge in [0.05, 0.1) is 0 Å². The number of nitrogens with one attached hydrogen (secondary N) is 3. The van der Waals surface area contributed by atoms with E-state index in [1.54, 1.807) is 0 Å². The van der Waals surface area contributed by atoms with Crippen molar-refractivity contribution in [1.29, 1.82) is 0 Å². The Morgan fingerprint density at radius 2 is 2.00 bits per heavy atom. The molecule has 1 aromatic rings. The lowest BCUT2D eigenvalue weighted by Crippen LogP contribution is -2.31. The number of anilines is 2. The van der Waals surface area contributed by atoms with E-state index in [-0.39, 0.29) is 0 Å². The van der Waals surface area contributed by atoms with Crippen molar-refractivity contribution in [3.63, 3.8) is 0 Å². The third kappa shape index (κ3) is 2.49. The van der Waals surface area contributed by atoms with Gasteiger partial charge in [0, 0.05) is 19.0 Å². The summed E-state index contributed by atoms with van der Waals surface area (Å²) in [6, 6.07) is 4.46. The zero-order valence-corrected chi connectivity index (χ0v) is 12.0. The van der Waals surface area contributed by atoms with E-state index in [1.165, 1.54) is 44.3 Å². The second-order valence-electron chi connectivity index (χ2n) is 6.53. The van der Waals surface area contributed by atoms with Crippen LogP contribution in [-0.4, -0.2) is 31.2 Å². The maximum Gasteiger partial charge on any atom is 0.131 e. The lowest BCUT2D eigenvalue weighted by atomic mass is 9.82. The van der Waals surface area contributed by atoms with Crippen LogP contribution in [0, 0.1) is 11.8 Å². The molecule has 4 nitrogen and oxygen atoms in total. The molecule has 3 aliphatic rings. The van der Waals surface area contributed by atoms with Crippen molar-refractivity contribution in [2.24, 2.45) is 11.8 Å². The Hall–Kier alpha value is -1.29. The Morgan fingerprint density at radius 3 is 2.80 bits per heavy atom. The Bertz CT molecular complexity index is 477. The zero-order valence-electron chi connectivity index (χ0n) is 12.0. The second kappa shape index (κ2) is 5.24. The van der Waals surface area contributed by atoms with Crippen LogP contribution < -0.4 is 16.0 Å². The summed E-state index contributed by atoms with van der Waals surface area (Å²) in [5.74, 6) is 4.53. The van der Waals surface area contributed by atoms with Gasteiger partial charge in [0.2, 0.25) is 0 Å². The monoisotopic (exact) mass is 272 g/mol. The van der Waals surface area contributed by atoms with Crippen molar-refractivity contribution >= 4 is 11.6 Å².